The standard InChI is InChI=1S/C14H14BrNO4S2/c1-2-20-13(17)10-16(12-7-4-3-6-11(12)15)22(18,19)14-8-5-9-21-14/h3-9H,2,10H2,1H3. The largest absolute Gasteiger partial charge is 0.465 e. The Morgan fingerprint density at radius 3 is 2.59 bits per heavy atom. The zero-order valence-electron chi connectivity index (χ0n) is 11.7. The highest BCUT2D eigenvalue weighted by atomic mass is 79.9. The molecule has 1 aromatic heterocycles. The van der Waals surface area contributed by atoms with Gasteiger partial charge in [0, 0.05) is 4.47 Å². The number of ether oxygens (including phenoxy) is 1. The first-order valence-electron chi connectivity index (χ1n) is 6.43. The SMILES string of the molecule is CCOC(=O)CN(c1ccccc1Br)S(=O)(=O)c1cccs1. The van der Waals surface area contributed by atoms with E-state index in [0.29, 0.717) is 10.2 Å². The average Bonchev–Trinajstić information content (AvgIpc) is 3.01. The molecule has 0 unspecified atom stereocenters. The number of sulfonamides is 1. The van der Waals surface area contributed by atoms with Crippen molar-refractivity contribution in [3.63, 3.8) is 0 Å². The molecule has 0 atom stereocenters. The molecule has 2 aromatic rings. The van der Waals surface area contributed by atoms with Crippen LogP contribution in [-0.2, 0) is 19.6 Å². The van der Waals surface area contributed by atoms with Gasteiger partial charge in [-0.1, -0.05) is 18.2 Å². The highest BCUT2D eigenvalue weighted by molar-refractivity contribution is 9.10. The van der Waals surface area contributed by atoms with Gasteiger partial charge >= 0.3 is 5.97 Å². The van der Waals surface area contributed by atoms with Gasteiger partial charge in [-0.2, -0.15) is 0 Å². The van der Waals surface area contributed by atoms with Crippen LogP contribution in [0.2, 0.25) is 0 Å². The van der Waals surface area contributed by atoms with Gasteiger partial charge < -0.3 is 4.74 Å². The summed E-state index contributed by atoms with van der Waals surface area (Å²) in [7, 11) is -3.83. The van der Waals surface area contributed by atoms with Crippen LogP contribution in [0, 0.1) is 0 Å². The first kappa shape index (κ1) is 17.0. The van der Waals surface area contributed by atoms with Gasteiger partial charge in [0.25, 0.3) is 10.0 Å². The molecule has 0 saturated heterocycles. The summed E-state index contributed by atoms with van der Waals surface area (Å²) in [5.74, 6) is -0.599. The maximum Gasteiger partial charge on any atom is 0.326 e. The van der Waals surface area contributed by atoms with Crippen LogP contribution in [0.25, 0.3) is 0 Å². The number of anilines is 1. The van der Waals surface area contributed by atoms with Crippen LogP contribution < -0.4 is 4.31 Å². The molecule has 0 amide bonds. The molecule has 0 spiro atoms. The van der Waals surface area contributed by atoms with Crippen molar-refractivity contribution >= 4 is 48.9 Å². The van der Waals surface area contributed by atoms with Crippen molar-refractivity contribution in [2.24, 2.45) is 0 Å². The number of rotatable bonds is 6. The first-order valence-corrected chi connectivity index (χ1v) is 9.54. The van der Waals surface area contributed by atoms with Crippen molar-refractivity contribution in [3.8, 4) is 0 Å². The van der Waals surface area contributed by atoms with Crippen LogP contribution >= 0.6 is 27.3 Å². The van der Waals surface area contributed by atoms with Gasteiger partial charge in [-0.25, -0.2) is 8.42 Å². The van der Waals surface area contributed by atoms with Crippen LogP contribution in [0.4, 0.5) is 5.69 Å². The molecule has 0 aliphatic rings. The van der Waals surface area contributed by atoms with E-state index in [1.165, 1.54) is 6.07 Å². The molecule has 118 valence electrons. The molecule has 0 N–H and O–H groups in total. The normalized spacial score (nSPS) is 11.2. The average molecular weight is 404 g/mol. The van der Waals surface area contributed by atoms with Crippen LogP contribution in [0.5, 0.6) is 0 Å². The summed E-state index contributed by atoms with van der Waals surface area (Å²) < 4.78 is 32.3. The Morgan fingerprint density at radius 1 is 1.27 bits per heavy atom. The number of thiophene rings is 1. The van der Waals surface area contributed by atoms with Gasteiger partial charge in [0.15, 0.2) is 0 Å². The third-order valence-electron chi connectivity index (χ3n) is 2.74. The quantitative estimate of drug-likeness (QED) is 0.694. The Morgan fingerprint density at radius 2 is 2.00 bits per heavy atom. The minimum atomic E-state index is -3.83. The van der Waals surface area contributed by atoms with Gasteiger partial charge in [-0.3, -0.25) is 9.10 Å². The molecule has 22 heavy (non-hydrogen) atoms. The Kier molecular flexibility index (Phi) is 5.60. The fourth-order valence-electron chi connectivity index (χ4n) is 1.80. The second-order valence-corrected chi connectivity index (χ2v) is 8.09. The number of carbonyl (C=O) groups excluding carboxylic acids is 1. The molecule has 1 aromatic carbocycles. The van der Waals surface area contributed by atoms with Gasteiger partial charge in [0.1, 0.15) is 10.8 Å². The Hall–Kier alpha value is -1.38. The highest BCUT2D eigenvalue weighted by Crippen LogP contribution is 2.31. The lowest BCUT2D eigenvalue weighted by molar-refractivity contribution is -0.141. The van der Waals surface area contributed by atoms with Crippen molar-refractivity contribution in [1.82, 2.24) is 0 Å². The minimum absolute atomic E-state index is 0.174. The van der Waals surface area contributed by atoms with E-state index >= 15 is 0 Å². The molecule has 1 heterocycles. The smallest absolute Gasteiger partial charge is 0.326 e. The van der Waals surface area contributed by atoms with Gasteiger partial charge in [-0.05, 0) is 46.4 Å². The Balaban J connectivity index is 2.47. The van der Waals surface area contributed by atoms with Crippen molar-refractivity contribution in [3.05, 3.63) is 46.3 Å². The van der Waals surface area contributed by atoms with Crippen molar-refractivity contribution in [1.29, 1.82) is 0 Å². The lowest BCUT2D eigenvalue weighted by Gasteiger charge is -2.23. The number of hydrogen-bond donors (Lipinski definition) is 0. The number of esters is 1. The van der Waals surface area contributed by atoms with E-state index in [9.17, 15) is 13.2 Å². The van der Waals surface area contributed by atoms with Crippen molar-refractivity contribution < 1.29 is 17.9 Å². The summed E-state index contributed by atoms with van der Waals surface area (Å²) in [4.78, 5) is 11.8. The summed E-state index contributed by atoms with van der Waals surface area (Å²) in [5.41, 5.74) is 0.393. The number of halogens is 1. The Bertz CT molecular complexity index is 744. The number of nitrogens with zero attached hydrogens (tertiary/aromatic N) is 1. The molecule has 0 fully saturated rings. The molecule has 0 aliphatic carbocycles. The van der Waals surface area contributed by atoms with Crippen molar-refractivity contribution in [2.75, 3.05) is 17.5 Å². The van der Waals surface area contributed by atoms with Crippen LogP contribution in [0.1, 0.15) is 6.92 Å². The van der Waals surface area contributed by atoms with Gasteiger partial charge in [-0.15, -0.1) is 11.3 Å². The highest BCUT2D eigenvalue weighted by Gasteiger charge is 2.29. The molecule has 5 nitrogen and oxygen atoms in total. The maximum atomic E-state index is 12.8. The number of benzene rings is 1. The van der Waals surface area contributed by atoms with E-state index in [4.69, 9.17) is 4.74 Å². The van der Waals surface area contributed by atoms with E-state index in [-0.39, 0.29) is 17.4 Å². The second kappa shape index (κ2) is 7.26. The molecule has 0 saturated carbocycles. The fraction of sp³-hybridized carbons (Fsp3) is 0.214. The van der Waals surface area contributed by atoms with E-state index < -0.39 is 16.0 Å². The predicted molar refractivity (Wildman–Crippen MR) is 89.6 cm³/mol. The summed E-state index contributed by atoms with van der Waals surface area (Å²) in [6, 6.07) is 10.00. The van der Waals surface area contributed by atoms with Crippen molar-refractivity contribution in [2.45, 2.75) is 11.1 Å². The molecule has 8 heteroatoms. The third-order valence-corrected chi connectivity index (χ3v) is 6.54. The zero-order valence-corrected chi connectivity index (χ0v) is 14.9. The summed E-state index contributed by atoms with van der Waals surface area (Å²) in [6.45, 7) is 1.49. The Labute approximate surface area is 141 Å². The van der Waals surface area contributed by atoms with E-state index in [2.05, 4.69) is 15.9 Å². The lowest BCUT2D eigenvalue weighted by Crippen LogP contribution is -2.36. The number of para-hydroxylation sites is 1. The molecule has 0 bridgehead atoms. The van der Waals surface area contributed by atoms with Crippen LogP contribution in [-0.4, -0.2) is 27.5 Å². The molecular formula is C14H14BrNO4S2. The summed E-state index contributed by atoms with van der Waals surface area (Å²) >= 11 is 4.43. The third kappa shape index (κ3) is 3.68. The van der Waals surface area contributed by atoms with Crippen LogP contribution in [0.15, 0.2) is 50.5 Å². The first-order chi connectivity index (χ1) is 10.5. The number of hydrogen-bond acceptors (Lipinski definition) is 5. The predicted octanol–water partition coefficient (Wildman–Crippen LogP) is 3.27. The van der Waals surface area contributed by atoms with Gasteiger partial charge in [0.05, 0.1) is 12.3 Å². The lowest BCUT2D eigenvalue weighted by atomic mass is 10.3. The molecule has 2 rings (SSSR count). The fourth-order valence-corrected chi connectivity index (χ4v) is 4.95. The summed E-state index contributed by atoms with van der Waals surface area (Å²) in [5, 5.41) is 1.68. The minimum Gasteiger partial charge on any atom is -0.465 e. The zero-order chi connectivity index (χ0) is 16.2. The molecule has 0 aliphatic heterocycles. The maximum absolute atomic E-state index is 12.8. The molecular weight excluding hydrogens is 390 g/mol. The van der Waals surface area contributed by atoms with E-state index in [0.717, 1.165) is 15.6 Å². The van der Waals surface area contributed by atoms with Gasteiger partial charge in [0.2, 0.25) is 0 Å². The molecule has 0 radical (unpaired) electrons. The van der Waals surface area contributed by atoms with Crippen LogP contribution in [0.3, 0.4) is 0 Å². The number of carbonyl (C=O) groups is 1. The van der Waals surface area contributed by atoms with E-state index in [1.54, 1.807) is 42.6 Å². The topological polar surface area (TPSA) is 63.7 Å². The second-order valence-electron chi connectivity index (χ2n) is 4.20. The van der Waals surface area contributed by atoms with E-state index in [1.807, 2.05) is 0 Å². The summed E-state index contributed by atoms with van der Waals surface area (Å²) in [6.07, 6.45) is 0. The monoisotopic (exact) mass is 403 g/mol.